The first-order chi connectivity index (χ1) is 26.3. The molecular formula is C40H45F3N6O6. The maximum Gasteiger partial charge on any atom is 0.410 e. The molecule has 4 aromatic rings. The highest BCUT2D eigenvalue weighted by Crippen LogP contribution is 2.57. The molecule has 2 amide bonds. The molecule has 8 rings (SSSR count). The number of piperazine rings is 1. The quantitative estimate of drug-likeness (QED) is 0.165. The zero-order valence-corrected chi connectivity index (χ0v) is 31.4. The number of carbonyl (C=O) groups is 2. The number of nitrogens with zero attached hydrogens (tertiary/aromatic N) is 5. The minimum absolute atomic E-state index is 0.207. The second-order valence-corrected chi connectivity index (χ2v) is 15.7. The van der Waals surface area contributed by atoms with Crippen molar-refractivity contribution in [1.29, 1.82) is 0 Å². The van der Waals surface area contributed by atoms with E-state index in [1.807, 2.05) is 25.7 Å². The third kappa shape index (κ3) is 8.06. The van der Waals surface area contributed by atoms with Crippen molar-refractivity contribution in [3.63, 3.8) is 0 Å². The number of hydrogen-bond donors (Lipinski definition) is 1. The molecule has 3 saturated carbocycles. The number of anilines is 1. The molecule has 1 N–H and O–H groups in total. The van der Waals surface area contributed by atoms with Gasteiger partial charge in [-0.2, -0.15) is 4.39 Å². The number of methoxy groups -OCH3 is 1. The SMILES string of the molecule is COc1ccc(COc2c(F)cc(C(=O)NCC34CCC(c5cnc(-c6ccnc(N7CCN(C(=O)OC(C)(C)C)CC7)n6)o5)(CC3)CC4)c(F)c2F)cc1. The lowest BCUT2D eigenvalue weighted by molar-refractivity contribution is 0.0240. The molecule has 12 nitrogen and oxygen atoms in total. The zero-order chi connectivity index (χ0) is 39.0. The zero-order valence-electron chi connectivity index (χ0n) is 31.4. The molecule has 2 aromatic carbocycles. The fraction of sp³-hybridized carbons (Fsp3) is 0.475. The van der Waals surface area contributed by atoms with Crippen molar-refractivity contribution in [3.8, 4) is 23.1 Å². The number of hydrogen-bond acceptors (Lipinski definition) is 10. The maximum atomic E-state index is 15.1. The molecule has 55 heavy (non-hydrogen) atoms. The fourth-order valence-electron chi connectivity index (χ4n) is 7.69. The van der Waals surface area contributed by atoms with E-state index in [4.69, 9.17) is 23.6 Å². The molecule has 3 aliphatic carbocycles. The number of benzene rings is 2. The lowest BCUT2D eigenvalue weighted by Gasteiger charge is -2.52. The number of rotatable bonds is 10. The number of fused-ring (bicyclic) bond motifs is 3. The summed E-state index contributed by atoms with van der Waals surface area (Å²) >= 11 is 0. The van der Waals surface area contributed by atoms with Gasteiger partial charge in [-0.1, -0.05) is 12.1 Å². The van der Waals surface area contributed by atoms with Gasteiger partial charge in [0.1, 0.15) is 29.4 Å². The van der Waals surface area contributed by atoms with Gasteiger partial charge < -0.3 is 33.7 Å². The summed E-state index contributed by atoms with van der Waals surface area (Å²) in [6.45, 7) is 7.66. The molecule has 292 valence electrons. The molecule has 0 atom stereocenters. The van der Waals surface area contributed by atoms with Crippen molar-refractivity contribution >= 4 is 17.9 Å². The van der Waals surface area contributed by atoms with Crippen molar-refractivity contribution < 1.29 is 41.4 Å². The Morgan fingerprint density at radius 1 is 0.927 bits per heavy atom. The van der Waals surface area contributed by atoms with Gasteiger partial charge >= 0.3 is 6.09 Å². The van der Waals surface area contributed by atoms with Crippen LogP contribution in [0.5, 0.6) is 11.5 Å². The van der Waals surface area contributed by atoms with E-state index in [0.29, 0.717) is 61.1 Å². The smallest absolute Gasteiger partial charge is 0.410 e. The molecule has 1 saturated heterocycles. The van der Waals surface area contributed by atoms with Gasteiger partial charge in [0.2, 0.25) is 17.7 Å². The summed E-state index contributed by atoms with van der Waals surface area (Å²) in [6.07, 6.45) is 7.83. The van der Waals surface area contributed by atoms with Gasteiger partial charge in [-0.25, -0.2) is 28.5 Å². The standard InChI is InChI=1S/C40H45F3N6O6/c1-38(2,3)55-37(51)49-19-17-48(18-20-49)36-44-16-9-29(47-36)35-45-22-30(54-35)40-13-10-39(11-14-40,12-15-40)24-46-34(50)27-21-28(41)33(32(43)31(27)42)53-23-25-5-7-26(52-4)8-6-25/h5-9,16,21-22H,10-15,17-20,23-24H2,1-4H3,(H,46,50). The normalized spacial score (nSPS) is 21.0. The van der Waals surface area contributed by atoms with Crippen LogP contribution in [0.3, 0.4) is 0 Å². The molecule has 0 radical (unpaired) electrons. The summed E-state index contributed by atoms with van der Waals surface area (Å²) in [5, 5.41) is 2.75. The number of ether oxygens (including phenoxy) is 3. The number of amides is 2. The molecule has 4 aliphatic rings. The van der Waals surface area contributed by atoms with Gasteiger partial charge in [-0.3, -0.25) is 4.79 Å². The van der Waals surface area contributed by atoms with E-state index in [0.717, 1.165) is 44.3 Å². The Bertz CT molecular complexity index is 2020. The van der Waals surface area contributed by atoms with Crippen LogP contribution in [0.15, 0.2) is 53.2 Å². The van der Waals surface area contributed by atoms with Gasteiger partial charge in [0.15, 0.2) is 17.4 Å². The van der Waals surface area contributed by atoms with Crippen molar-refractivity contribution in [3.05, 3.63) is 83.1 Å². The summed E-state index contributed by atoms with van der Waals surface area (Å²) < 4.78 is 67.2. The maximum absolute atomic E-state index is 15.1. The minimum Gasteiger partial charge on any atom is -0.497 e. The average molecular weight is 763 g/mol. The van der Waals surface area contributed by atoms with Crippen LogP contribution < -0.4 is 19.7 Å². The van der Waals surface area contributed by atoms with E-state index < -0.39 is 40.3 Å². The van der Waals surface area contributed by atoms with Gasteiger partial charge in [0.05, 0.1) is 18.9 Å². The van der Waals surface area contributed by atoms with Crippen molar-refractivity contribution in [2.75, 3.05) is 44.7 Å². The summed E-state index contributed by atoms with van der Waals surface area (Å²) in [5.74, 6) is -3.65. The van der Waals surface area contributed by atoms with Crippen LogP contribution in [0.4, 0.5) is 23.9 Å². The minimum atomic E-state index is -1.56. The average Bonchev–Trinajstić information content (AvgIpc) is 3.70. The van der Waals surface area contributed by atoms with Gasteiger partial charge in [-0.05, 0) is 94.5 Å². The predicted molar refractivity (Wildman–Crippen MR) is 195 cm³/mol. The molecule has 0 spiro atoms. The van der Waals surface area contributed by atoms with E-state index in [2.05, 4.69) is 15.3 Å². The summed E-state index contributed by atoms with van der Waals surface area (Å²) in [6, 6.07) is 9.09. The summed E-state index contributed by atoms with van der Waals surface area (Å²) in [5.41, 5.74) is -0.570. The first-order valence-corrected chi connectivity index (χ1v) is 18.5. The fourth-order valence-corrected chi connectivity index (χ4v) is 7.69. The number of carbonyl (C=O) groups excluding carboxylic acids is 2. The molecule has 15 heteroatoms. The van der Waals surface area contributed by atoms with E-state index >= 15 is 4.39 Å². The lowest BCUT2D eigenvalue weighted by Crippen LogP contribution is -2.50. The summed E-state index contributed by atoms with van der Waals surface area (Å²) in [4.78, 5) is 43.1. The van der Waals surface area contributed by atoms with Crippen LogP contribution in [0, 0.1) is 22.9 Å². The van der Waals surface area contributed by atoms with Crippen LogP contribution >= 0.6 is 0 Å². The van der Waals surface area contributed by atoms with Crippen LogP contribution in [-0.4, -0.2) is 77.3 Å². The Morgan fingerprint density at radius 3 is 2.27 bits per heavy atom. The van der Waals surface area contributed by atoms with E-state index in [1.165, 1.54) is 7.11 Å². The number of halogens is 3. The van der Waals surface area contributed by atoms with E-state index in [-0.39, 0.29) is 30.1 Å². The molecule has 2 bridgehead atoms. The van der Waals surface area contributed by atoms with Crippen LogP contribution in [0.2, 0.25) is 0 Å². The third-order valence-electron chi connectivity index (χ3n) is 11.0. The highest BCUT2D eigenvalue weighted by atomic mass is 19.2. The predicted octanol–water partition coefficient (Wildman–Crippen LogP) is 7.22. The second kappa shape index (κ2) is 15.1. The van der Waals surface area contributed by atoms with Crippen LogP contribution in [0.25, 0.3) is 11.6 Å². The van der Waals surface area contributed by atoms with Gasteiger partial charge in [-0.15, -0.1) is 0 Å². The first-order valence-electron chi connectivity index (χ1n) is 18.5. The number of nitrogens with one attached hydrogen (secondary N) is 1. The Morgan fingerprint density at radius 2 is 1.62 bits per heavy atom. The van der Waals surface area contributed by atoms with E-state index in [9.17, 15) is 18.4 Å². The highest BCUT2D eigenvalue weighted by Gasteiger charge is 2.51. The molecular weight excluding hydrogens is 717 g/mol. The Balaban J connectivity index is 0.935. The first kappa shape index (κ1) is 38.0. The van der Waals surface area contributed by atoms with E-state index in [1.54, 1.807) is 47.6 Å². The molecule has 3 heterocycles. The topological polar surface area (TPSA) is 132 Å². The Hall–Kier alpha value is -5.34. The van der Waals surface area contributed by atoms with Gasteiger partial charge in [0, 0.05) is 44.3 Å². The Labute approximate surface area is 317 Å². The molecule has 2 aromatic heterocycles. The van der Waals surface area contributed by atoms with Crippen LogP contribution in [-0.2, 0) is 16.8 Å². The molecule has 0 unspecified atom stereocenters. The number of aromatic nitrogens is 3. The highest BCUT2D eigenvalue weighted by molar-refractivity contribution is 5.94. The third-order valence-corrected chi connectivity index (χ3v) is 11.0. The van der Waals surface area contributed by atoms with Crippen LogP contribution in [0.1, 0.15) is 81.0 Å². The molecule has 4 fully saturated rings. The van der Waals surface area contributed by atoms with Crippen molar-refractivity contribution in [2.45, 2.75) is 76.9 Å². The Kier molecular flexibility index (Phi) is 10.4. The summed E-state index contributed by atoms with van der Waals surface area (Å²) in [7, 11) is 1.52. The van der Waals surface area contributed by atoms with Crippen molar-refractivity contribution in [1.82, 2.24) is 25.2 Å². The largest absolute Gasteiger partial charge is 0.497 e. The number of oxazole rings is 1. The van der Waals surface area contributed by atoms with Crippen molar-refractivity contribution in [2.24, 2.45) is 5.41 Å². The molecule has 1 aliphatic heterocycles. The van der Waals surface area contributed by atoms with Gasteiger partial charge in [0.25, 0.3) is 5.91 Å². The second-order valence-electron chi connectivity index (χ2n) is 15.7. The lowest BCUT2D eigenvalue weighted by atomic mass is 9.53. The monoisotopic (exact) mass is 762 g/mol.